The van der Waals surface area contributed by atoms with Crippen LogP contribution in [0.2, 0.25) is 0 Å². The SMILES string of the molecule is N#CC1CCCC1Nc1ccccc1-c1ccccc1. The van der Waals surface area contributed by atoms with E-state index in [4.69, 9.17) is 0 Å². The molecule has 0 heterocycles. The summed E-state index contributed by atoms with van der Waals surface area (Å²) >= 11 is 0. The minimum Gasteiger partial charge on any atom is -0.380 e. The molecule has 2 atom stereocenters. The fourth-order valence-corrected chi connectivity index (χ4v) is 2.97. The molecule has 3 rings (SSSR count). The number of para-hydroxylation sites is 1. The van der Waals surface area contributed by atoms with Crippen molar-refractivity contribution in [1.82, 2.24) is 0 Å². The Balaban J connectivity index is 1.89. The van der Waals surface area contributed by atoms with E-state index in [1.165, 1.54) is 11.1 Å². The van der Waals surface area contributed by atoms with Crippen LogP contribution in [-0.2, 0) is 0 Å². The molecule has 1 aliphatic rings. The number of hydrogen-bond donors (Lipinski definition) is 1. The summed E-state index contributed by atoms with van der Waals surface area (Å²) in [6.45, 7) is 0. The number of nitriles is 1. The molecular weight excluding hydrogens is 244 g/mol. The third-order valence-electron chi connectivity index (χ3n) is 4.03. The maximum Gasteiger partial charge on any atom is 0.0677 e. The van der Waals surface area contributed by atoms with Crippen LogP contribution in [0.15, 0.2) is 54.6 Å². The van der Waals surface area contributed by atoms with Gasteiger partial charge in [0.15, 0.2) is 0 Å². The van der Waals surface area contributed by atoms with Gasteiger partial charge < -0.3 is 5.32 Å². The monoisotopic (exact) mass is 262 g/mol. The van der Waals surface area contributed by atoms with Crippen molar-refractivity contribution in [3.8, 4) is 17.2 Å². The molecule has 2 nitrogen and oxygen atoms in total. The van der Waals surface area contributed by atoms with Gasteiger partial charge in [-0.2, -0.15) is 5.26 Å². The highest BCUT2D eigenvalue weighted by Crippen LogP contribution is 2.32. The van der Waals surface area contributed by atoms with Gasteiger partial charge in [0.25, 0.3) is 0 Å². The zero-order valence-electron chi connectivity index (χ0n) is 11.4. The van der Waals surface area contributed by atoms with Crippen molar-refractivity contribution in [2.75, 3.05) is 5.32 Å². The van der Waals surface area contributed by atoms with Gasteiger partial charge in [0, 0.05) is 17.3 Å². The van der Waals surface area contributed by atoms with Crippen molar-refractivity contribution < 1.29 is 0 Å². The topological polar surface area (TPSA) is 35.8 Å². The van der Waals surface area contributed by atoms with E-state index in [1.54, 1.807) is 0 Å². The van der Waals surface area contributed by atoms with E-state index in [-0.39, 0.29) is 12.0 Å². The van der Waals surface area contributed by atoms with Crippen LogP contribution in [0, 0.1) is 17.2 Å². The summed E-state index contributed by atoms with van der Waals surface area (Å²) < 4.78 is 0. The van der Waals surface area contributed by atoms with Crippen LogP contribution in [0.4, 0.5) is 5.69 Å². The van der Waals surface area contributed by atoms with E-state index >= 15 is 0 Å². The van der Waals surface area contributed by atoms with Crippen molar-refractivity contribution in [2.45, 2.75) is 25.3 Å². The lowest BCUT2D eigenvalue weighted by atomic mass is 10.0. The van der Waals surface area contributed by atoms with E-state index in [2.05, 4.69) is 53.9 Å². The predicted molar refractivity (Wildman–Crippen MR) is 82.2 cm³/mol. The smallest absolute Gasteiger partial charge is 0.0677 e. The molecule has 2 heteroatoms. The van der Waals surface area contributed by atoms with Gasteiger partial charge in [-0.1, -0.05) is 48.5 Å². The number of rotatable bonds is 3. The minimum atomic E-state index is 0.138. The third-order valence-corrected chi connectivity index (χ3v) is 4.03. The molecule has 0 bridgehead atoms. The summed E-state index contributed by atoms with van der Waals surface area (Å²) in [4.78, 5) is 0. The maximum absolute atomic E-state index is 9.21. The predicted octanol–water partition coefficient (Wildman–Crippen LogP) is 4.46. The Morgan fingerprint density at radius 1 is 0.950 bits per heavy atom. The van der Waals surface area contributed by atoms with E-state index in [9.17, 15) is 5.26 Å². The Kier molecular flexibility index (Phi) is 3.69. The molecule has 0 amide bonds. The van der Waals surface area contributed by atoms with Crippen LogP contribution in [0.3, 0.4) is 0 Å². The molecule has 100 valence electrons. The normalized spacial score (nSPS) is 21.4. The Bertz CT molecular complexity index is 613. The molecule has 1 aliphatic carbocycles. The molecule has 0 radical (unpaired) electrons. The van der Waals surface area contributed by atoms with Gasteiger partial charge in [-0.25, -0.2) is 0 Å². The lowest BCUT2D eigenvalue weighted by molar-refractivity contribution is 0.630. The van der Waals surface area contributed by atoms with Crippen molar-refractivity contribution in [3.05, 3.63) is 54.6 Å². The van der Waals surface area contributed by atoms with Crippen LogP contribution in [-0.4, -0.2) is 6.04 Å². The summed E-state index contributed by atoms with van der Waals surface area (Å²) in [5, 5.41) is 12.8. The van der Waals surface area contributed by atoms with E-state index in [0.29, 0.717) is 0 Å². The quantitative estimate of drug-likeness (QED) is 0.886. The second kappa shape index (κ2) is 5.79. The van der Waals surface area contributed by atoms with Crippen molar-refractivity contribution in [3.63, 3.8) is 0 Å². The molecule has 2 aromatic carbocycles. The Labute approximate surface area is 120 Å². The molecule has 1 N–H and O–H groups in total. The zero-order chi connectivity index (χ0) is 13.8. The second-order valence-electron chi connectivity index (χ2n) is 5.33. The molecule has 2 unspecified atom stereocenters. The molecule has 0 spiro atoms. The molecule has 0 saturated heterocycles. The van der Waals surface area contributed by atoms with Crippen molar-refractivity contribution in [2.24, 2.45) is 5.92 Å². The van der Waals surface area contributed by atoms with Crippen LogP contribution in [0.5, 0.6) is 0 Å². The fraction of sp³-hybridized carbons (Fsp3) is 0.278. The summed E-state index contributed by atoms with van der Waals surface area (Å²) in [5.41, 5.74) is 3.55. The van der Waals surface area contributed by atoms with Gasteiger partial charge in [-0.15, -0.1) is 0 Å². The second-order valence-corrected chi connectivity index (χ2v) is 5.33. The van der Waals surface area contributed by atoms with Gasteiger partial charge in [0.2, 0.25) is 0 Å². The number of anilines is 1. The number of benzene rings is 2. The van der Waals surface area contributed by atoms with Gasteiger partial charge in [-0.3, -0.25) is 0 Å². The summed E-state index contributed by atoms with van der Waals surface area (Å²) in [6, 6.07) is 21.4. The standard InChI is InChI=1S/C18H18N2/c19-13-15-9-6-12-17(15)20-18-11-5-4-10-16(18)14-7-2-1-3-8-14/h1-5,7-8,10-11,15,17,20H,6,9,12H2. The minimum absolute atomic E-state index is 0.138. The summed E-state index contributed by atoms with van der Waals surface area (Å²) in [5.74, 6) is 0.138. The van der Waals surface area contributed by atoms with E-state index in [0.717, 1.165) is 24.9 Å². The first-order valence-corrected chi connectivity index (χ1v) is 7.19. The average molecular weight is 262 g/mol. The fourth-order valence-electron chi connectivity index (χ4n) is 2.97. The van der Waals surface area contributed by atoms with Crippen molar-refractivity contribution >= 4 is 5.69 Å². The Morgan fingerprint density at radius 2 is 1.70 bits per heavy atom. The van der Waals surface area contributed by atoms with Crippen LogP contribution in [0.1, 0.15) is 19.3 Å². The van der Waals surface area contributed by atoms with Crippen LogP contribution in [0.25, 0.3) is 11.1 Å². The number of nitrogens with one attached hydrogen (secondary N) is 1. The largest absolute Gasteiger partial charge is 0.380 e. The number of hydrogen-bond acceptors (Lipinski definition) is 2. The summed E-state index contributed by atoms with van der Waals surface area (Å²) in [6.07, 6.45) is 3.24. The highest BCUT2D eigenvalue weighted by Gasteiger charge is 2.27. The third kappa shape index (κ3) is 2.53. The van der Waals surface area contributed by atoms with Gasteiger partial charge in [-0.05, 0) is 30.9 Å². The molecule has 1 fully saturated rings. The molecule has 0 aliphatic heterocycles. The number of nitrogens with zero attached hydrogens (tertiary/aromatic N) is 1. The zero-order valence-corrected chi connectivity index (χ0v) is 11.4. The lowest BCUT2D eigenvalue weighted by Crippen LogP contribution is -2.23. The van der Waals surface area contributed by atoms with Crippen molar-refractivity contribution in [1.29, 1.82) is 5.26 Å². The molecule has 20 heavy (non-hydrogen) atoms. The molecule has 2 aromatic rings. The highest BCUT2D eigenvalue weighted by atomic mass is 14.9. The maximum atomic E-state index is 9.21. The van der Waals surface area contributed by atoms with Gasteiger partial charge in [0.1, 0.15) is 0 Å². The first-order chi connectivity index (χ1) is 9.88. The molecule has 0 aromatic heterocycles. The Morgan fingerprint density at radius 3 is 2.50 bits per heavy atom. The van der Waals surface area contributed by atoms with E-state index in [1.807, 2.05) is 12.1 Å². The van der Waals surface area contributed by atoms with Crippen LogP contribution < -0.4 is 5.32 Å². The van der Waals surface area contributed by atoms with E-state index < -0.39 is 0 Å². The molecule has 1 saturated carbocycles. The van der Waals surface area contributed by atoms with Gasteiger partial charge >= 0.3 is 0 Å². The van der Waals surface area contributed by atoms with Gasteiger partial charge in [0.05, 0.1) is 12.0 Å². The highest BCUT2D eigenvalue weighted by molar-refractivity contribution is 5.78. The van der Waals surface area contributed by atoms with Crippen LogP contribution >= 0.6 is 0 Å². The molecular formula is C18H18N2. The lowest BCUT2D eigenvalue weighted by Gasteiger charge is -2.19. The first kappa shape index (κ1) is 12.7. The average Bonchev–Trinajstić information content (AvgIpc) is 2.96. The first-order valence-electron chi connectivity index (χ1n) is 7.19. The Hall–Kier alpha value is -2.27. The summed E-state index contributed by atoms with van der Waals surface area (Å²) in [7, 11) is 0.